The van der Waals surface area contributed by atoms with Crippen molar-refractivity contribution in [2.24, 2.45) is 7.05 Å². The van der Waals surface area contributed by atoms with Crippen molar-refractivity contribution >= 4 is 18.0 Å². The molecule has 3 rings (SSSR count). The Bertz CT molecular complexity index is 690. The van der Waals surface area contributed by atoms with Gasteiger partial charge in [0.25, 0.3) is 6.47 Å². The van der Waals surface area contributed by atoms with Gasteiger partial charge in [-0.2, -0.15) is 5.10 Å². The van der Waals surface area contributed by atoms with Crippen molar-refractivity contribution < 1.29 is 9.90 Å². The molecule has 0 fully saturated rings. The molecule has 0 saturated heterocycles. The minimum absolute atomic E-state index is 0.0786. The van der Waals surface area contributed by atoms with E-state index in [-0.39, 0.29) is 12.5 Å². The van der Waals surface area contributed by atoms with Gasteiger partial charge in [-0.05, 0) is 18.5 Å². The fraction of sp³-hybridized carbons (Fsp3) is 0.250. The van der Waals surface area contributed by atoms with Crippen molar-refractivity contribution in [3.63, 3.8) is 0 Å². The fourth-order valence-electron chi connectivity index (χ4n) is 1.97. The smallest absolute Gasteiger partial charge is 0.290 e. The molecule has 21 heavy (non-hydrogen) atoms. The fourth-order valence-corrected chi connectivity index (χ4v) is 2.49. The molecule has 9 heteroatoms. The lowest BCUT2D eigenvalue weighted by atomic mass is 10.2. The lowest BCUT2D eigenvalue weighted by Gasteiger charge is -2.14. The molecule has 0 aliphatic carbocycles. The standard InChI is InChI=1S/C11H12N6S.CH2O2/c1-8(10-13-7-14-16(10)2)17-4-3-12-11(17)9-5-15-18-6-9;2-1-3/h3-8H,1-2H3;1H,(H,2,3). The third-order valence-electron chi connectivity index (χ3n) is 2.90. The number of rotatable bonds is 3. The molecule has 1 unspecified atom stereocenters. The highest BCUT2D eigenvalue weighted by Crippen LogP contribution is 2.24. The number of nitrogens with zero attached hydrogens (tertiary/aromatic N) is 6. The van der Waals surface area contributed by atoms with Gasteiger partial charge in [-0.3, -0.25) is 9.48 Å². The van der Waals surface area contributed by atoms with Crippen LogP contribution in [0.5, 0.6) is 0 Å². The lowest BCUT2D eigenvalue weighted by Crippen LogP contribution is -2.13. The van der Waals surface area contributed by atoms with Crippen LogP contribution in [-0.2, 0) is 11.8 Å². The van der Waals surface area contributed by atoms with Crippen LogP contribution < -0.4 is 0 Å². The van der Waals surface area contributed by atoms with E-state index in [4.69, 9.17) is 9.90 Å². The third-order valence-corrected chi connectivity index (χ3v) is 3.48. The first kappa shape index (κ1) is 14.9. The minimum Gasteiger partial charge on any atom is -0.483 e. The van der Waals surface area contributed by atoms with Gasteiger partial charge in [0.2, 0.25) is 0 Å². The van der Waals surface area contributed by atoms with Gasteiger partial charge in [0, 0.05) is 30.4 Å². The molecule has 0 bridgehead atoms. The van der Waals surface area contributed by atoms with Crippen molar-refractivity contribution in [2.75, 3.05) is 0 Å². The SMILES string of the molecule is CC(c1ncnn1C)n1ccnc1-c1cnsc1.O=CO. The van der Waals surface area contributed by atoms with Gasteiger partial charge in [0.1, 0.15) is 18.0 Å². The molecular formula is C12H14N6O2S. The number of hydrogen-bond donors (Lipinski definition) is 1. The molecule has 8 nitrogen and oxygen atoms in total. The van der Waals surface area contributed by atoms with Gasteiger partial charge < -0.3 is 9.67 Å². The van der Waals surface area contributed by atoms with Crippen LogP contribution in [0.3, 0.4) is 0 Å². The van der Waals surface area contributed by atoms with Crippen molar-refractivity contribution in [3.8, 4) is 11.4 Å². The number of aromatic nitrogens is 6. The van der Waals surface area contributed by atoms with Gasteiger partial charge in [-0.1, -0.05) is 0 Å². The second-order valence-corrected chi connectivity index (χ2v) is 4.75. The number of imidazole rings is 1. The quantitative estimate of drug-likeness (QED) is 0.735. The van der Waals surface area contributed by atoms with Crippen LogP contribution in [0.4, 0.5) is 0 Å². The largest absolute Gasteiger partial charge is 0.483 e. The van der Waals surface area contributed by atoms with Crippen molar-refractivity contribution in [2.45, 2.75) is 13.0 Å². The summed E-state index contributed by atoms with van der Waals surface area (Å²) in [4.78, 5) is 17.0. The number of aryl methyl sites for hydroxylation is 1. The Balaban J connectivity index is 0.000000497. The molecular weight excluding hydrogens is 292 g/mol. The Kier molecular flexibility index (Phi) is 4.77. The van der Waals surface area contributed by atoms with E-state index in [0.29, 0.717) is 0 Å². The summed E-state index contributed by atoms with van der Waals surface area (Å²) in [6, 6.07) is 0.0786. The van der Waals surface area contributed by atoms with Gasteiger partial charge in [-0.25, -0.2) is 14.3 Å². The first-order valence-corrected chi connectivity index (χ1v) is 6.87. The highest BCUT2D eigenvalue weighted by Gasteiger charge is 2.17. The summed E-state index contributed by atoms with van der Waals surface area (Å²) >= 11 is 1.42. The van der Waals surface area contributed by atoms with E-state index in [0.717, 1.165) is 17.2 Å². The molecule has 0 saturated carbocycles. The molecule has 1 N–H and O–H groups in total. The summed E-state index contributed by atoms with van der Waals surface area (Å²) in [6.07, 6.45) is 7.13. The normalized spacial score (nSPS) is 11.5. The predicted octanol–water partition coefficient (Wildman–Crippen LogP) is 1.45. The third kappa shape index (κ3) is 3.14. The topological polar surface area (TPSA) is 98.7 Å². The molecule has 3 aromatic rings. The Hall–Kier alpha value is -2.55. The summed E-state index contributed by atoms with van der Waals surface area (Å²) in [5.41, 5.74) is 1.03. The Morgan fingerprint density at radius 2 is 2.19 bits per heavy atom. The molecule has 3 aromatic heterocycles. The van der Waals surface area contributed by atoms with Crippen molar-refractivity contribution in [1.82, 2.24) is 28.7 Å². The number of hydrogen-bond acceptors (Lipinski definition) is 6. The average molecular weight is 306 g/mol. The summed E-state index contributed by atoms with van der Waals surface area (Å²) in [5, 5.41) is 13.0. The van der Waals surface area contributed by atoms with E-state index >= 15 is 0 Å². The van der Waals surface area contributed by atoms with E-state index in [1.54, 1.807) is 17.2 Å². The Morgan fingerprint density at radius 1 is 1.43 bits per heavy atom. The molecule has 0 radical (unpaired) electrons. The van der Waals surface area contributed by atoms with E-state index in [1.807, 2.05) is 24.8 Å². The summed E-state index contributed by atoms with van der Waals surface area (Å²) in [5.74, 6) is 1.80. The zero-order valence-electron chi connectivity index (χ0n) is 11.5. The second kappa shape index (κ2) is 6.75. The van der Waals surface area contributed by atoms with Crippen LogP contribution in [0.1, 0.15) is 18.8 Å². The van der Waals surface area contributed by atoms with Crippen LogP contribution in [0.25, 0.3) is 11.4 Å². The molecule has 0 amide bonds. The van der Waals surface area contributed by atoms with Crippen LogP contribution in [0, 0.1) is 0 Å². The van der Waals surface area contributed by atoms with Crippen LogP contribution in [-0.4, -0.2) is 40.3 Å². The molecule has 3 heterocycles. The van der Waals surface area contributed by atoms with Crippen LogP contribution >= 0.6 is 11.5 Å². The second-order valence-electron chi connectivity index (χ2n) is 4.09. The maximum atomic E-state index is 8.36. The summed E-state index contributed by atoms with van der Waals surface area (Å²) in [6.45, 7) is 1.83. The Morgan fingerprint density at radius 3 is 2.76 bits per heavy atom. The van der Waals surface area contributed by atoms with E-state index in [9.17, 15) is 0 Å². The highest BCUT2D eigenvalue weighted by molar-refractivity contribution is 7.03. The minimum atomic E-state index is -0.250. The molecule has 110 valence electrons. The Labute approximate surface area is 124 Å². The molecule has 1 atom stereocenters. The average Bonchev–Trinajstić information content (AvgIpc) is 3.20. The lowest BCUT2D eigenvalue weighted by molar-refractivity contribution is -0.122. The molecule has 0 aromatic carbocycles. The molecule has 0 spiro atoms. The monoisotopic (exact) mass is 306 g/mol. The first-order valence-electron chi connectivity index (χ1n) is 6.03. The number of carbonyl (C=O) groups is 1. The summed E-state index contributed by atoms with van der Waals surface area (Å²) < 4.78 is 7.97. The zero-order valence-corrected chi connectivity index (χ0v) is 12.3. The van der Waals surface area contributed by atoms with E-state index < -0.39 is 0 Å². The molecule has 0 aliphatic heterocycles. The first-order chi connectivity index (χ1) is 10.2. The zero-order chi connectivity index (χ0) is 15.2. The van der Waals surface area contributed by atoms with Gasteiger partial charge in [0.15, 0.2) is 0 Å². The number of carboxylic acid groups (broad SMARTS) is 1. The van der Waals surface area contributed by atoms with Gasteiger partial charge >= 0.3 is 0 Å². The highest BCUT2D eigenvalue weighted by atomic mass is 32.1. The van der Waals surface area contributed by atoms with Crippen LogP contribution in [0.15, 0.2) is 30.3 Å². The van der Waals surface area contributed by atoms with E-state index in [2.05, 4.69) is 30.9 Å². The van der Waals surface area contributed by atoms with Gasteiger partial charge in [-0.15, -0.1) is 0 Å². The maximum absolute atomic E-state index is 8.36. The predicted molar refractivity (Wildman–Crippen MR) is 76.8 cm³/mol. The molecule has 0 aliphatic rings. The summed E-state index contributed by atoms with van der Waals surface area (Å²) in [7, 11) is 1.89. The van der Waals surface area contributed by atoms with Crippen molar-refractivity contribution in [3.05, 3.63) is 36.1 Å². The van der Waals surface area contributed by atoms with Gasteiger partial charge in [0.05, 0.1) is 12.2 Å². The maximum Gasteiger partial charge on any atom is 0.290 e. The van der Waals surface area contributed by atoms with E-state index in [1.165, 1.54) is 11.5 Å². The van der Waals surface area contributed by atoms with Crippen molar-refractivity contribution in [1.29, 1.82) is 0 Å². The van der Waals surface area contributed by atoms with Crippen LogP contribution in [0.2, 0.25) is 0 Å².